The van der Waals surface area contributed by atoms with Gasteiger partial charge in [-0.25, -0.2) is 9.67 Å². The Labute approximate surface area is 190 Å². The third-order valence-corrected chi connectivity index (χ3v) is 6.62. The summed E-state index contributed by atoms with van der Waals surface area (Å²) in [5.41, 5.74) is 7.93. The molecule has 0 spiro atoms. The Morgan fingerprint density at radius 1 is 1.13 bits per heavy atom. The number of nitrogens with zero attached hydrogens (tertiary/aromatic N) is 3. The summed E-state index contributed by atoms with van der Waals surface area (Å²) >= 11 is 3.23. The molecule has 0 unspecified atom stereocenters. The molecule has 4 rings (SSSR count). The van der Waals surface area contributed by atoms with Crippen LogP contribution in [0.5, 0.6) is 0 Å². The standard InChI is InChI=1S/C24H24N4OS2/c1-17-13-18(2)28(27-17)21-9-7-19(8-10-21)11-12-25-24(29)22-5-3-4-6-23(22)31-15-20-14-30-16-26-20/h3-10,13-14,16H,11-12,15H2,1-2H3,(H,25,29). The second kappa shape index (κ2) is 9.94. The lowest BCUT2D eigenvalue weighted by molar-refractivity contribution is 0.0951. The number of amides is 1. The lowest BCUT2D eigenvalue weighted by atomic mass is 10.1. The molecule has 158 valence electrons. The second-order valence-corrected chi connectivity index (χ2v) is 9.01. The lowest BCUT2D eigenvalue weighted by Gasteiger charge is -2.10. The van der Waals surface area contributed by atoms with Crippen LogP contribution in [0, 0.1) is 13.8 Å². The fourth-order valence-corrected chi connectivity index (χ4v) is 4.97. The van der Waals surface area contributed by atoms with Crippen molar-refractivity contribution >= 4 is 29.0 Å². The van der Waals surface area contributed by atoms with Gasteiger partial charge in [-0.2, -0.15) is 5.10 Å². The number of carbonyl (C=O) groups excluding carboxylic acids is 1. The van der Waals surface area contributed by atoms with E-state index in [1.807, 2.05) is 46.8 Å². The van der Waals surface area contributed by atoms with Crippen LogP contribution in [-0.4, -0.2) is 27.2 Å². The quantitative estimate of drug-likeness (QED) is 0.376. The van der Waals surface area contributed by atoms with Crippen molar-refractivity contribution in [3.8, 4) is 5.69 Å². The predicted octanol–water partition coefficient (Wildman–Crippen LogP) is 5.21. The van der Waals surface area contributed by atoms with Crippen LogP contribution < -0.4 is 5.32 Å². The molecule has 1 amide bonds. The van der Waals surface area contributed by atoms with Crippen molar-refractivity contribution in [1.82, 2.24) is 20.1 Å². The highest BCUT2D eigenvalue weighted by atomic mass is 32.2. The molecule has 5 nitrogen and oxygen atoms in total. The number of aromatic nitrogens is 3. The number of carbonyl (C=O) groups is 1. The van der Waals surface area contributed by atoms with Gasteiger partial charge in [0.1, 0.15) is 0 Å². The van der Waals surface area contributed by atoms with Crippen LogP contribution in [0.2, 0.25) is 0 Å². The molecule has 2 aromatic carbocycles. The molecular formula is C24H24N4OS2. The van der Waals surface area contributed by atoms with E-state index < -0.39 is 0 Å². The van der Waals surface area contributed by atoms with Crippen molar-refractivity contribution in [3.63, 3.8) is 0 Å². The number of benzene rings is 2. The Kier molecular flexibility index (Phi) is 6.84. The molecule has 0 radical (unpaired) electrons. The van der Waals surface area contributed by atoms with E-state index in [0.717, 1.165) is 39.8 Å². The highest BCUT2D eigenvalue weighted by molar-refractivity contribution is 7.98. The lowest BCUT2D eigenvalue weighted by Crippen LogP contribution is -2.26. The van der Waals surface area contributed by atoms with Crippen LogP contribution >= 0.6 is 23.1 Å². The Hall–Kier alpha value is -2.90. The molecule has 31 heavy (non-hydrogen) atoms. The van der Waals surface area contributed by atoms with Gasteiger partial charge in [0.2, 0.25) is 0 Å². The summed E-state index contributed by atoms with van der Waals surface area (Å²) in [5, 5.41) is 9.62. The smallest absolute Gasteiger partial charge is 0.252 e. The average Bonchev–Trinajstić information content (AvgIpc) is 3.42. The summed E-state index contributed by atoms with van der Waals surface area (Å²) in [4.78, 5) is 18.0. The normalized spacial score (nSPS) is 10.9. The van der Waals surface area contributed by atoms with Crippen molar-refractivity contribution in [2.45, 2.75) is 30.9 Å². The predicted molar refractivity (Wildman–Crippen MR) is 127 cm³/mol. The zero-order chi connectivity index (χ0) is 21.6. The van der Waals surface area contributed by atoms with Crippen LogP contribution in [0.4, 0.5) is 0 Å². The van der Waals surface area contributed by atoms with Crippen molar-refractivity contribution in [3.05, 3.63) is 93.7 Å². The zero-order valence-electron chi connectivity index (χ0n) is 17.5. The van der Waals surface area contributed by atoms with Crippen LogP contribution in [-0.2, 0) is 12.2 Å². The van der Waals surface area contributed by atoms with Gasteiger partial charge < -0.3 is 5.32 Å². The molecule has 2 heterocycles. The maximum atomic E-state index is 12.7. The molecule has 0 aliphatic carbocycles. The Morgan fingerprint density at radius 2 is 1.94 bits per heavy atom. The number of rotatable bonds is 8. The molecule has 0 fully saturated rings. The highest BCUT2D eigenvalue weighted by Crippen LogP contribution is 2.26. The molecule has 0 atom stereocenters. The van der Waals surface area contributed by atoms with E-state index in [4.69, 9.17) is 0 Å². The minimum atomic E-state index is -0.0411. The van der Waals surface area contributed by atoms with E-state index in [1.54, 1.807) is 23.1 Å². The average molecular weight is 449 g/mol. The molecule has 7 heteroatoms. The summed E-state index contributed by atoms with van der Waals surface area (Å²) in [6, 6.07) is 18.1. The monoisotopic (exact) mass is 448 g/mol. The van der Waals surface area contributed by atoms with Crippen molar-refractivity contribution in [2.24, 2.45) is 0 Å². The van der Waals surface area contributed by atoms with Crippen LogP contribution in [0.25, 0.3) is 5.69 Å². The summed E-state index contributed by atoms with van der Waals surface area (Å²) in [7, 11) is 0. The molecular weight excluding hydrogens is 424 g/mol. The van der Waals surface area contributed by atoms with Gasteiger partial charge in [0.15, 0.2) is 0 Å². The summed E-state index contributed by atoms with van der Waals surface area (Å²) in [6.45, 7) is 4.63. The summed E-state index contributed by atoms with van der Waals surface area (Å²) < 4.78 is 1.95. The minimum absolute atomic E-state index is 0.0411. The first-order chi connectivity index (χ1) is 15.1. The van der Waals surface area contributed by atoms with Crippen molar-refractivity contribution in [2.75, 3.05) is 6.54 Å². The molecule has 0 aliphatic rings. The third kappa shape index (κ3) is 5.42. The van der Waals surface area contributed by atoms with E-state index in [0.29, 0.717) is 12.1 Å². The Morgan fingerprint density at radius 3 is 2.65 bits per heavy atom. The van der Waals surface area contributed by atoms with Gasteiger partial charge >= 0.3 is 0 Å². The first kappa shape index (κ1) is 21.3. The van der Waals surface area contributed by atoms with Crippen molar-refractivity contribution in [1.29, 1.82) is 0 Å². The first-order valence-electron chi connectivity index (χ1n) is 10.1. The van der Waals surface area contributed by atoms with Gasteiger partial charge in [0, 0.05) is 28.3 Å². The Balaban J connectivity index is 1.33. The van der Waals surface area contributed by atoms with Gasteiger partial charge in [-0.3, -0.25) is 4.79 Å². The maximum Gasteiger partial charge on any atom is 0.252 e. The fraction of sp³-hybridized carbons (Fsp3) is 0.208. The highest BCUT2D eigenvalue weighted by Gasteiger charge is 2.11. The number of thiazole rings is 1. The number of thioether (sulfide) groups is 1. The number of hydrogen-bond acceptors (Lipinski definition) is 5. The van der Waals surface area contributed by atoms with Crippen molar-refractivity contribution < 1.29 is 4.79 Å². The fourth-order valence-electron chi connectivity index (χ4n) is 3.35. The Bertz CT molecular complexity index is 1150. The topological polar surface area (TPSA) is 59.8 Å². The van der Waals surface area contributed by atoms with E-state index >= 15 is 0 Å². The van der Waals surface area contributed by atoms with E-state index in [-0.39, 0.29) is 5.91 Å². The van der Waals surface area contributed by atoms with Gasteiger partial charge in [0.05, 0.1) is 28.1 Å². The maximum absolute atomic E-state index is 12.7. The molecule has 4 aromatic rings. The molecule has 0 aliphatic heterocycles. The van der Waals surface area contributed by atoms with Gasteiger partial charge in [-0.15, -0.1) is 23.1 Å². The summed E-state index contributed by atoms with van der Waals surface area (Å²) in [5.74, 6) is 0.718. The van der Waals surface area contributed by atoms with Gasteiger partial charge in [0.25, 0.3) is 5.91 Å². The molecule has 2 aromatic heterocycles. The SMILES string of the molecule is Cc1cc(C)n(-c2ccc(CCNC(=O)c3ccccc3SCc3cscn3)cc2)n1. The second-order valence-electron chi connectivity index (χ2n) is 7.28. The summed E-state index contributed by atoms with van der Waals surface area (Å²) in [6.07, 6.45) is 0.775. The largest absolute Gasteiger partial charge is 0.352 e. The number of nitrogens with one attached hydrogen (secondary N) is 1. The molecule has 0 saturated carbocycles. The van der Waals surface area contributed by atoms with Gasteiger partial charge in [-0.05, 0) is 56.2 Å². The van der Waals surface area contributed by atoms with Crippen LogP contribution in [0.15, 0.2) is 70.4 Å². The molecule has 0 bridgehead atoms. The van der Waals surface area contributed by atoms with Gasteiger partial charge in [-0.1, -0.05) is 24.3 Å². The van der Waals surface area contributed by atoms with Crippen LogP contribution in [0.1, 0.15) is 33.0 Å². The van der Waals surface area contributed by atoms with Crippen LogP contribution in [0.3, 0.4) is 0 Å². The van der Waals surface area contributed by atoms with E-state index in [2.05, 4.69) is 52.7 Å². The number of aryl methyl sites for hydroxylation is 2. The van der Waals surface area contributed by atoms with E-state index in [1.165, 1.54) is 5.56 Å². The third-order valence-electron chi connectivity index (χ3n) is 4.88. The minimum Gasteiger partial charge on any atom is -0.352 e. The molecule has 0 saturated heterocycles. The first-order valence-corrected chi connectivity index (χ1v) is 12.0. The molecule has 1 N–H and O–H groups in total. The van der Waals surface area contributed by atoms with E-state index in [9.17, 15) is 4.79 Å². The zero-order valence-corrected chi connectivity index (χ0v) is 19.2. The number of hydrogen-bond donors (Lipinski definition) is 1.